The molecule has 3 heteroatoms. The predicted molar refractivity (Wildman–Crippen MR) is 93.0 cm³/mol. The van der Waals surface area contributed by atoms with Gasteiger partial charge in [0, 0.05) is 25.9 Å². The van der Waals surface area contributed by atoms with Gasteiger partial charge in [-0.05, 0) is 74.0 Å². The topological polar surface area (TPSA) is 32.7 Å². The first kappa shape index (κ1) is 15.5. The zero-order valence-corrected chi connectivity index (χ0v) is 14.3. The van der Waals surface area contributed by atoms with Gasteiger partial charge in [0.15, 0.2) is 0 Å². The van der Waals surface area contributed by atoms with Crippen LogP contribution in [-0.4, -0.2) is 37.5 Å². The molecule has 2 aliphatic carbocycles. The third kappa shape index (κ3) is 3.14. The maximum Gasteiger partial charge on any atom is 0.0880 e. The van der Waals surface area contributed by atoms with Gasteiger partial charge in [0.2, 0.25) is 0 Å². The van der Waals surface area contributed by atoms with Crippen LogP contribution >= 0.6 is 0 Å². The van der Waals surface area contributed by atoms with Crippen molar-refractivity contribution in [2.24, 2.45) is 5.41 Å². The van der Waals surface area contributed by atoms with Crippen molar-refractivity contribution in [3.8, 4) is 0 Å². The van der Waals surface area contributed by atoms with Crippen LogP contribution in [0.15, 0.2) is 24.3 Å². The van der Waals surface area contributed by atoms with Crippen molar-refractivity contribution in [3.63, 3.8) is 0 Å². The number of anilines is 1. The Hall–Kier alpha value is -1.06. The molecule has 1 N–H and O–H groups in total. The molecule has 0 unspecified atom stereocenters. The molecule has 1 heterocycles. The van der Waals surface area contributed by atoms with Gasteiger partial charge in [-0.2, -0.15) is 0 Å². The molecule has 0 amide bonds. The maximum absolute atomic E-state index is 10.5. The number of hydrogen-bond acceptors (Lipinski definition) is 3. The van der Waals surface area contributed by atoms with Crippen LogP contribution in [0, 0.1) is 5.41 Å². The number of rotatable bonds is 4. The molecule has 0 aromatic heterocycles. The number of hydrogen-bond donors (Lipinski definition) is 1. The molecule has 3 nitrogen and oxygen atoms in total. The van der Waals surface area contributed by atoms with E-state index in [2.05, 4.69) is 29.2 Å². The largest absolute Gasteiger partial charge is 0.387 e. The van der Waals surface area contributed by atoms with E-state index in [1.807, 2.05) is 0 Å². The smallest absolute Gasteiger partial charge is 0.0880 e. The van der Waals surface area contributed by atoms with Crippen LogP contribution in [0.3, 0.4) is 0 Å². The van der Waals surface area contributed by atoms with Crippen molar-refractivity contribution in [2.45, 2.75) is 56.5 Å². The lowest BCUT2D eigenvalue weighted by Gasteiger charge is -2.41. The molecule has 3 aliphatic rings. The second-order valence-corrected chi connectivity index (χ2v) is 8.19. The van der Waals surface area contributed by atoms with E-state index >= 15 is 0 Å². The quantitative estimate of drug-likeness (QED) is 0.919. The monoisotopic (exact) mass is 315 g/mol. The Labute approximate surface area is 139 Å². The van der Waals surface area contributed by atoms with Gasteiger partial charge in [-0.25, -0.2) is 0 Å². The first-order valence-corrected chi connectivity index (χ1v) is 9.18. The highest BCUT2D eigenvalue weighted by Crippen LogP contribution is 2.48. The summed E-state index contributed by atoms with van der Waals surface area (Å²) in [5, 5.41) is 10.5. The minimum absolute atomic E-state index is 0.412. The zero-order valence-electron chi connectivity index (χ0n) is 14.3. The van der Waals surface area contributed by atoms with Gasteiger partial charge >= 0.3 is 0 Å². The molecule has 2 saturated carbocycles. The van der Waals surface area contributed by atoms with Crippen molar-refractivity contribution in [1.29, 1.82) is 0 Å². The van der Waals surface area contributed by atoms with Gasteiger partial charge in [0.05, 0.1) is 12.2 Å². The molecule has 1 spiro atoms. The summed E-state index contributed by atoms with van der Waals surface area (Å²) in [5.74, 6) is 0.839. The van der Waals surface area contributed by atoms with Gasteiger partial charge in [-0.15, -0.1) is 0 Å². The molecule has 1 saturated heterocycles. The molecule has 4 rings (SSSR count). The van der Waals surface area contributed by atoms with Gasteiger partial charge in [-0.3, -0.25) is 0 Å². The number of aliphatic hydroxyl groups is 1. The molecular weight excluding hydrogens is 286 g/mol. The Morgan fingerprint density at radius 3 is 2.39 bits per heavy atom. The van der Waals surface area contributed by atoms with Crippen LogP contribution in [0.5, 0.6) is 0 Å². The van der Waals surface area contributed by atoms with E-state index in [1.54, 1.807) is 7.11 Å². The summed E-state index contributed by atoms with van der Waals surface area (Å²) in [5.41, 5.74) is 2.73. The highest BCUT2D eigenvalue weighted by atomic mass is 16.5. The number of benzene rings is 1. The van der Waals surface area contributed by atoms with Gasteiger partial charge in [-0.1, -0.05) is 12.1 Å². The van der Waals surface area contributed by atoms with Crippen molar-refractivity contribution in [1.82, 2.24) is 0 Å². The van der Waals surface area contributed by atoms with Crippen molar-refractivity contribution in [2.75, 3.05) is 31.7 Å². The molecule has 0 bridgehead atoms. The zero-order chi connectivity index (χ0) is 15.9. The predicted octanol–water partition coefficient (Wildman–Crippen LogP) is 3.71. The van der Waals surface area contributed by atoms with Crippen LogP contribution in [0.4, 0.5) is 5.69 Å². The minimum Gasteiger partial charge on any atom is -0.387 e. The summed E-state index contributed by atoms with van der Waals surface area (Å²) in [6, 6.07) is 9.29. The Balaban J connectivity index is 1.39. The van der Waals surface area contributed by atoms with Crippen LogP contribution in [-0.2, 0) is 4.74 Å². The SMILES string of the molecule is COC[C@]1(O)CC[C@]2(CCN(c3ccc(C4CC4)cc3)C2)CC1. The average molecular weight is 315 g/mol. The number of nitrogens with zero attached hydrogens (tertiary/aromatic N) is 1. The van der Waals surface area contributed by atoms with E-state index < -0.39 is 5.60 Å². The Morgan fingerprint density at radius 1 is 1.09 bits per heavy atom. The normalized spacial score (nSPS) is 34.3. The first-order valence-electron chi connectivity index (χ1n) is 9.18. The molecular formula is C20H29NO2. The lowest BCUT2D eigenvalue weighted by Crippen LogP contribution is -2.43. The summed E-state index contributed by atoms with van der Waals surface area (Å²) < 4.78 is 5.20. The Bertz CT molecular complexity index is 541. The van der Waals surface area contributed by atoms with Crippen LogP contribution in [0.25, 0.3) is 0 Å². The van der Waals surface area contributed by atoms with E-state index in [0.29, 0.717) is 12.0 Å². The second-order valence-electron chi connectivity index (χ2n) is 8.19. The molecule has 1 aromatic carbocycles. The third-order valence-corrected chi connectivity index (χ3v) is 6.40. The van der Waals surface area contributed by atoms with Crippen molar-refractivity contribution < 1.29 is 9.84 Å². The fraction of sp³-hybridized carbons (Fsp3) is 0.700. The third-order valence-electron chi connectivity index (χ3n) is 6.40. The van der Waals surface area contributed by atoms with E-state index in [9.17, 15) is 5.11 Å². The van der Waals surface area contributed by atoms with Crippen LogP contribution in [0.1, 0.15) is 56.4 Å². The summed E-state index contributed by atoms with van der Waals surface area (Å²) >= 11 is 0. The van der Waals surface area contributed by atoms with Crippen molar-refractivity contribution in [3.05, 3.63) is 29.8 Å². The molecule has 126 valence electrons. The number of methoxy groups -OCH3 is 1. The highest BCUT2D eigenvalue weighted by Gasteiger charge is 2.45. The molecule has 23 heavy (non-hydrogen) atoms. The fourth-order valence-corrected chi connectivity index (χ4v) is 4.60. The molecule has 0 radical (unpaired) electrons. The summed E-state index contributed by atoms with van der Waals surface area (Å²) in [4.78, 5) is 2.55. The van der Waals surface area contributed by atoms with Gasteiger partial charge in [0.25, 0.3) is 0 Å². The van der Waals surface area contributed by atoms with E-state index in [0.717, 1.165) is 44.7 Å². The van der Waals surface area contributed by atoms with E-state index in [-0.39, 0.29) is 0 Å². The summed E-state index contributed by atoms with van der Waals surface area (Å²) in [6.07, 6.45) is 8.03. The van der Waals surface area contributed by atoms with Crippen LogP contribution < -0.4 is 4.90 Å². The van der Waals surface area contributed by atoms with Gasteiger partial charge < -0.3 is 14.7 Å². The lowest BCUT2D eigenvalue weighted by molar-refractivity contribution is -0.0766. The Morgan fingerprint density at radius 2 is 1.78 bits per heavy atom. The average Bonchev–Trinajstić information content (AvgIpc) is 3.33. The molecule has 1 aliphatic heterocycles. The highest BCUT2D eigenvalue weighted by molar-refractivity contribution is 5.50. The summed E-state index contributed by atoms with van der Waals surface area (Å²) in [7, 11) is 1.69. The van der Waals surface area contributed by atoms with Crippen molar-refractivity contribution >= 4 is 5.69 Å². The molecule has 0 atom stereocenters. The lowest BCUT2D eigenvalue weighted by atomic mass is 9.68. The fourth-order valence-electron chi connectivity index (χ4n) is 4.60. The second kappa shape index (κ2) is 5.78. The van der Waals surface area contributed by atoms with E-state index in [1.165, 1.54) is 30.5 Å². The first-order chi connectivity index (χ1) is 11.1. The standard InChI is InChI=1S/C20H29NO2/c1-23-15-20(22)10-8-19(9-11-20)12-13-21(14-19)18-6-4-17(5-7-18)16-2-3-16/h4-7,16,22H,2-3,8-15H2,1H3/t19-,20+. The maximum atomic E-state index is 10.5. The van der Waals surface area contributed by atoms with E-state index in [4.69, 9.17) is 4.74 Å². The van der Waals surface area contributed by atoms with Gasteiger partial charge in [0.1, 0.15) is 0 Å². The molecule has 1 aromatic rings. The Kier molecular flexibility index (Phi) is 3.89. The molecule has 3 fully saturated rings. The summed E-state index contributed by atoms with van der Waals surface area (Å²) in [6.45, 7) is 2.79. The minimum atomic E-state index is -0.584. The van der Waals surface area contributed by atoms with Crippen LogP contribution in [0.2, 0.25) is 0 Å². The number of ether oxygens (including phenoxy) is 1.